The van der Waals surface area contributed by atoms with Crippen LogP contribution in [0.3, 0.4) is 0 Å². The fourth-order valence-electron chi connectivity index (χ4n) is 6.65. The molecule has 0 spiro atoms. The van der Waals surface area contributed by atoms with Crippen molar-refractivity contribution in [2.75, 3.05) is 0 Å². The predicted octanol–water partition coefficient (Wildman–Crippen LogP) is 8.85. The van der Waals surface area contributed by atoms with Gasteiger partial charge in [0.15, 0.2) is 0 Å². The molecule has 0 saturated carbocycles. The second-order valence-electron chi connectivity index (χ2n) is 10.9. The number of benzene rings is 5. The molecule has 4 heteroatoms. The molecule has 1 unspecified atom stereocenters. The molecule has 1 atom stereocenters. The van der Waals surface area contributed by atoms with Gasteiger partial charge in [-0.15, -0.1) is 0 Å². The maximum absolute atomic E-state index is 4.78. The van der Waals surface area contributed by atoms with E-state index in [4.69, 9.17) is 4.99 Å². The molecule has 1 aliphatic carbocycles. The molecule has 0 saturated heterocycles. The number of fused-ring (bicyclic) bond motifs is 7. The Bertz CT molecular complexity index is 2330. The zero-order valence-electron chi connectivity index (χ0n) is 22.8. The van der Waals surface area contributed by atoms with E-state index in [1.165, 1.54) is 54.9 Å². The Morgan fingerprint density at radius 3 is 1.86 bits per heavy atom. The molecule has 3 heterocycles. The van der Waals surface area contributed by atoms with Crippen LogP contribution < -0.4 is 5.32 Å². The molecule has 0 bridgehead atoms. The summed E-state index contributed by atoms with van der Waals surface area (Å²) in [6.45, 7) is 0. The normalized spacial score (nSPS) is 16.1. The van der Waals surface area contributed by atoms with E-state index in [-0.39, 0.29) is 6.04 Å². The van der Waals surface area contributed by atoms with Crippen molar-refractivity contribution in [3.63, 3.8) is 0 Å². The van der Waals surface area contributed by atoms with Crippen LogP contribution in [0.2, 0.25) is 0 Å². The molecule has 5 aromatic carbocycles. The zero-order chi connectivity index (χ0) is 27.6. The Balaban J connectivity index is 1.23. The van der Waals surface area contributed by atoms with Crippen LogP contribution in [0.25, 0.3) is 66.2 Å². The average molecular weight is 539 g/mol. The van der Waals surface area contributed by atoms with Crippen molar-refractivity contribution in [2.45, 2.75) is 6.04 Å². The molecular formula is C38H26N4. The number of allylic oxidation sites excluding steroid dienone is 2. The first-order valence-corrected chi connectivity index (χ1v) is 14.4. The van der Waals surface area contributed by atoms with Gasteiger partial charge in [-0.25, -0.2) is 0 Å². The second kappa shape index (κ2) is 8.95. The molecule has 1 N–H and O–H groups in total. The molecule has 42 heavy (non-hydrogen) atoms. The minimum absolute atomic E-state index is 0.0789. The van der Waals surface area contributed by atoms with Gasteiger partial charge in [0.25, 0.3) is 0 Å². The summed E-state index contributed by atoms with van der Waals surface area (Å²) in [5.41, 5.74) is 9.38. The van der Waals surface area contributed by atoms with Gasteiger partial charge in [-0.05, 0) is 65.7 Å². The van der Waals surface area contributed by atoms with Crippen molar-refractivity contribution in [2.24, 2.45) is 4.99 Å². The van der Waals surface area contributed by atoms with Gasteiger partial charge in [-0.2, -0.15) is 0 Å². The summed E-state index contributed by atoms with van der Waals surface area (Å²) in [6.07, 6.45) is 10.3. The Kier molecular flexibility index (Phi) is 4.93. The number of hydrogen-bond donors (Lipinski definition) is 1. The third-order valence-corrected chi connectivity index (χ3v) is 8.57. The summed E-state index contributed by atoms with van der Waals surface area (Å²) in [5.74, 6) is 0.984. The van der Waals surface area contributed by atoms with Gasteiger partial charge in [0, 0.05) is 27.2 Å². The summed E-state index contributed by atoms with van der Waals surface area (Å²) in [4.78, 5) is 4.78. The average Bonchev–Trinajstić information content (AvgIpc) is 3.57. The van der Waals surface area contributed by atoms with Crippen molar-refractivity contribution < 1.29 is 0 Å². The van der Waals surface area contributed by atoms with E-state index >= 15 is 0 Å². The highest BCUT2D eigenvalue weighted by Crippen LogP contribution is 2.38. The maximum atomic E-state index is 4.78. The molecule has 7 aromatic rings. The van der Waals surface area contributed by atoms with E-state index < -0.39 is 0 Å². The highest BCUT2D eigenvalue weighted by molar-refractivity contribution is 6.13. The second-order valence-corrected chi connectivity index (χ2v) is 10.9. The Morgan fingerprint density at radius 2 is 1.14 bits per heavy atom. The molecule has 2 aliphatic rings. The number of nitrogens with one attached hydrogen (secondary N) is 1. The van der Waals surface area contributed by atoms with E-state index in [2.05, 4.69) is 148 Å². The van der Waals surface area contributed by atoms with Gasteiger partial charge in [0.2, 0.25) is 0 Å². The number of rotatable bonds is 3. The minimum Gasteiger partial charge on any atom is -0.358 e. The third-order valence-electron chi connectivity index (χ3n) is 8.57. The SMILES string of the molecule is C1=CC2=NC=C(n3c4ccccc4c4cc(-c5ccc6c(c5)c5ccccc5n6-c5ccccc5)ccc43)NC2C=C1. The topological polar surface area (TPSA) is 34.2 Å². The van der Waals surface area contributed by atoms with Crippen LogP contribution >= 0.6 is 0 Å². The number of aromatic nitrogens is 2. The molecule has 0 fully saturated rings. The largest absolute Gasteiger partial charge is 0.358 e. The van der Waals surface area contributed by atoms with Gasteiger partial charge >= 0.3 is 0 Å². The molecule has 2 aromatic heterocycles. The summed E-state index contributed by atoms with van der Waals surface area (Å²) in [5, 5.41) is 8.67. The first-order valence-electron chi connectivity index (χ1n) is 14.4. The lowest BCUT2D eigenvalue weighted by atomic mass is 10.0. The van der Waals surface area contributed by atoms with Crippen LogP contribution in [0.5, 0.6) is 0 Å². The van der Waals surface area contributed by atoms with Gasteiger partial charge in [0.1, 0.15) is 5.82 Å². The third kappa shape index (κ3) is 3.39. The van der Waals surface area contributed by atoms with Gasteiger partial charge in [-0.1, -0.05) is 85.0 Å². The van der Waals surface area contributed by atoms with Crippen LogP contribution in [0, 0.1) is 0 Å². The molecule has 0 amide bonds. The first kappa shape index (κ1) is 23.1. The van der Waals surface area contributed by atoms with E-state index in [9.17, 15) is 0 Å². The van der Waals surface area contributed by atoms with Gasteiger partial charge in [0.05, 0.1) is 40.0 Å². The molecule has 0 radical (unpaired) electrons. The molecule has 4 nitrogen and oxygen atoms in total. The molecule has 9 rings (SSSR count). The van der Waals surface area contributed by atoms with Crippen molar-refractivity contribution in [3.05, 3.63) is 146 Å². The monoisotopic (exact) mass is 538 g/mol. The Hall–Kier alpha value is -5.61. The maximum Gasteiger partial charge on any atom is 0.130 e. The van der Waals surface area contributed by atoms with E-state index in [0.717, 1.165) is 17.0 Å². The molecule has 1 aliphatic heterocycles. The van der Waals surface area contributed by atoms with E-state index in [1.807, 2.05) is 12.3 Å². The summed E-state index contributed by atoms with van der Waals surface area (Å²) >= 11 is 0. The summed E-state index contributed by atoms with van der Waals surface area (Å²) in [7, 11) is 0. The highest BCUT2D eigenvalue weighted by Gasteiger charge is 2.22. The lowest BCUT2D eigenvalue weighted by molar-refractivity contribution is 0.832. The molecular weight excluding hydrogens is 512 g/mol. The van der Waals surface area contributed by atoms with Gasteiger partial charge < -0.3 is 9.88 Å². The van der Waals surface area contributed by atoms with Gasteiger partial charge in [-0.3, -0.25) is 9.56 Å². The zero-order valence-corrected chi connectivity index (χ0v) is 22.8. The summed E-state index contributed by atoms with van der Waals surface area (Å²) < 4.78 is 4.67. The smallest absolute Gasteiger partial charge is 0.130 e. The fourth-order valence-corrected chi connectivity index (χ4v) is 6.65. The minimum atomic E-state index is 0.0789. The first-order chi connectivity index (χ1) is 20.8. The lowest BCUT2D eigenvalue weighted by Gasteiger charge is -2.25. The number of para-hydroxylation sites is 3. The number of nitrogens with zero attached hydrogens (tertiary/aromatic N) is 3. The van der Waals surface area contributed by atoms with Crippen LogP contribution in [0.15, 0.2) is 151 Å². The van der Waals surface area contributed by atoms with Crippen molar-refractivity contribution in [1.82, 2.24) is 14.5 Å². The lowest BCUT2D eigenvalue weighted by Crippen LogP contribution is -2.37. The van der Waals surface area contributed by atoms with E-state index in [0.29, 0.717) is 0 Å². The van der Waals surface area contributed by atoms with Crippen molar-refractivity contribution >= 4 is 55.1 Å². The van der Waals surface area contributed by atoms with Crippen LogP contribution in [0.1, 0.15) is 0 Å². The Labute approximate surface area is 242 Å². The number of hydrogen-bond acceptors (Lipinski definition) is 2. The predicted molar refractivity (Wildman–Crippen MR) is 176 cm³/mol. The highest BCUT2D eigenvalue weighted by atomic mass is 15.2. The number of aliphatic imine (C=N–C) groups is 1. The summed E-state index contributed by atoms with van der Waals surface area (Å²) in [6, 6.07) is 41.7. The van der Waals surface area contributed by atoms with Crippen LogP contribution in [-0.2, 0) is 0 Å². The van der Waals surface area contributed by atoms with Crippen molar-refractivity contribution in [3.8, 4) is 16.8 Å². The quantitative estimate of drug-likeness (QED) is 0.240. The fraction of sp³-hybridized carbons (Fsp3) is 0.0263. The van der Waals surface area contributed by atoms with Crippen LogP contribution in [-0.4, -0.2) is 20.9 Å². The molecule has 198 valence electrons. The van der Waals surface area contributed by atoms with E-state index in [1.54, 1.807) is 0 Å². The van der Waals surface area contributed by atoms with Crippen molar-refractivity contribution in [1.29, 1.82) is 0 Å². The standard InChI is InChI=1S/C38H26N4/c1-2-10-27(11-3-1)41-34-16-8-4-12-28(34)30-22-25(18-20-36(30)41)26-19-21-37-31(23-26)29-13-5-9-17-35(29)42(37)38-24-39-32-14-6-7-15-33(32)40-38/h1-24,33,40H. The van der Waals surface area contributed by atoms with Crippen LogP contribution in [0.4, 0.5) is 0 Å². The Morgan fingerprint density at radius 1 is 0.548 bits per heavy atom.